The Morgan fingerprint density at radius 1 is 1.03 bits per heavy atom. The Hall–Kier alpha value is -3.52. The van der Waals surface area contributed by atoms with Crippen LogP contribution in [0, 0.1) is 11.6 Å². The molecule has 1 aliphatic rings. The highest BCUT2D eigenvalue weighted by Gasteiger charge is 2.22. The molecule has 0 atom stereocenters. The van der Waals surface area contributed by atoms with E-state index in [1.165, 1.54) is 12.1 Å². The summed E-state index contributed by atoms with van der Waals surface area (Å²) in [5.74, 6) is -1.67. The molecule has 8 heteroatoms. The van der Waals surface area contributed by atoms with Gasteiger partial charge in [-0.15, -0.1) is 0 Å². The van der Waals surface area contributed by atoms with Gasteiger partial charge in [0.05, 0.1) is 0 Å². The standard InChI is InChI=1S/C24H23F2N3O3/c25-21-8-2-5-18(22(21)26)16-32-19-6-1-4-17(14-19)15-28-10-12-29(13-11-28)23-20(24(30)31)7-3-9-27-23/h1-9,14H,10-13,15-16H2,(H,30,31). The van der Waals surface area contributed by atoms with Gasteiger partial charge in [0.25, 0.3) is 0 Å². The van der Waals surface area contributed by atoms with Crippen molar-refractivity contribution in [1.82, 2.24) is 9.88 Å². The lowest BCUT2D eigenvalue weighted by Crippen LogP contribution is -2.46. The van der Waals surface area contributed by atoms with Crippen LogP contribution in [0.1, 0.15) is 21.5 Å². The molecule has 1 aliphatic heterocycles. The summed E-state index contributed by atoms with van der Waals surface area (Å²) in [6.07, 6.45) is 1.61. The molecule has 166 valence electrons. The monoisotopic (exact) mass is 439 g/mol. The highest BCUT2D eigenvalue weighted by atomic mass is 19.2. The average Bonchev–Trinajstić information content (AvgIpc) is 2.81. The van der Waals surface area contributed by atoms with E-state index in [1.54, 1.807) is 24.4 Å². The zero-order valence-corrected chi connectivity index (χ0v) is 17.4. The van der Waals surface area contributed by atoms with Crippen LogP contribution in [0.15, 0.2) is 60.8 Å². The number of halogens is 2. The van der Waals surface area contributed by atoms with Crippen LogP contribution in [0.25, 0.3) is 0 Å². The molecule has 2 heterocycles. The number of ether oxygens (including phenoxy) is 1. The summed E-state index contributed by atoms with van der Waals surface area (Å²) in [6, 6.07) is 14.8. The molecule has 0 amide bonds. The SMILES string of the molecule is O=C(O)c1cccnc1N1CCN(Cc2cccc(OCc3cccc(F)c3F)c2)CC1. The predicted molar refractivity (Wildman–Crippen MR) is 116 cm³/mol. The first-order chi connectivity index (χ1) is 15.5. The van der Waals surface area contributed by atoms with Gasteiger partial charge in [-0.05, 0) is 35.9 Å². The lowest BCUT2D eigenvalue weighted by atomic mass is 10.1. The summed E-state index contributed by atoms with van der Waals surface area (Å²) in [5.41, 5.74) is 1.42. The van der Waals surface area contributed by atoms with Crippen LogP contribution in [0.4, 0.5) is 14.6 Å². The molecule has 1 saturated heterocycles. The number of carbonyl (C=O) groups is 1. The lowest BCUT2D eigenvalue weighted by molar-refractivity contribution is 0.0697. The summed E-state index contributed by atoms with van der Waals surface area (Å²) in [6.45, 7) is 3.51. The van der Waals surface area contributed by atoms with Crippen molar-refractivity contribution in [2.45, 2.75) is 13.2 Å². The van der Waals surface area contributed by atoms with Gasteiger partial charge in [-0.1, -0.05) is 24.3 Å². The van der Waals surface area contributed by atoms with E-state index in [0.717, 1.165) is 24.7 Å². The Kier molecular flexibility index (Phi) is 6.61. The molecule has 32 heavy (non-hydrogen) atoms. The number of nitrogens with zero attached hydrogens (tertiary/aromatic N) is 3. The van der Waals surface area contributed by atoms with Crippen molar-refractivity contribution >= 4 is 11.8 Å². The molecule has 0 saturated carbocycles. The Labute approximate surface area is 184 Å². The minimum Gasteiger partial charge on any atom is -0.489 e. The first-order valence-corrected chi connectivity index (χ1v) is 10.3. The fraction of sp³-hybridized carbons (Fsp3) is 0.250. The number of pyridine rings is 1. The second kappa shape index (κ2) is 9.74. The number of anilines is 1. The van der Waals surface area contributed by atoms with Crippen molar-refractivity contribution < 1.29 is 23.4 Å². The van der Waals surface area contributed by atoms with Gasteiger partial charge in [-0.2, -0.15) is 0 Å². The summed E-state index contributed by atoms with van der Waals surface area (Å²) in [4.78, 5) is 20.0. The smallest absolute Gasteiger partial charge is 0.339 e. The van der Waals surface area contributed by atoms with E-state index >= 15 is 0 Å². The van der Waals surface area contributed by atoms with E-state index in [1.807, 2.05) is 23.1 Å². The molecular weight excluding hydrogens is 416 g/mol. The van der Waals surface area contributed by atoms with Crippen LogP contribution < -0.4 is 9.64 Å². The normalized spacial score (nSPS) is 14.4. The molecule has 1 N–H and O–H groups in total. The van der Waals surface area contributed by atoms with Crippen molar-refractivity contribution in [3.05, 3.63) is 89.1 Å². The quantitative estimate of drug-likeness (QED) is 0.601. The zero-order valence-electron chi connectivity index (χ0n) is 17.4. The van der Waals surface area contributed by atoms with Gasteiger partial charge in [0, 0.05) is 44.5 Å². The first kappa shape index (κ1) is 21.7. The molecule has 2 aromatic carbocycles. The largest absolute Gasteiger partial charge is 0.489 e. The van der Waals surface area contributed by atoms with E-state index in [4.69, 9.17) is 4.74 Å². The number of aromatic nitrogens is 1. The van der Waals surface area contributed by atoms with Gasteiger partial charge >= 0.3 is 5.97 Å². The minimum absolute atomic E-state index is 0.0539. The second-order valence-electron chi connectivity index (χ2n) is 7.59. The minimum atomic E-state index is -0.981. The number of piperazine rings is 1. The van der Waals surface area contributed by atoms with Gasteiger partial charge in [0.15, 0.2) is 11.6 Å². The van der Waals surface area contributed by atoms with Crippen molar-refractivity contribution in [1.29, 1.82) is 0 Å². The Morgan fingerprint density at radius 2 is 1.81 bits per heavy atom. The van der Waals surface area contributed by atoms with Gasteiger partial charge < -0.3 is 14.7 Å². The molecule has 0 spiro atoms. The van der Waals surface area contributed by atoms with Crippen molar-refractivity contribution in [2.24, 2.45) is 0 Å². The number of rotatable bonds is 7. The van der Waals surface area contributed by atoms with Crippen molar-refractivity contribution in [2.75, 3.05) is 31.1 Å². The summed E-state index contributed by atoms with van der Waals surface area (Å²) in [5, 5.41) is 9.39. The van der Waals surface area contributed by atoms with E-state index < -0.39 is 17.6 Å². The number of benzene rings is 2. The van der Waals surface area contributed by atoms with Gasteiger partial charge in [-0.3, -0.25) is 4.90 Å². The summed E-state index contributed by atoms with van der Waals surface area (Å²) < 4.78 is 32.8. The Balaban J connectivity index is 1.34. The molecule has 4 rings (SSSR count). The number of hydrogen-bond acceptors (Lipinski definition) is 5. The molecule has 0 unspecified atom stereocenters. The predicted octanol–water partition coefficient (Wildman–Crippen LogP) is 3.96. The zero-order chi connectivity index (χ0) is 22.5. The van der Waals surface area contributed by atoms with E-state index in [-0.39, 0.29) is 17.7 Å². The fourth-order valence-corrected chi connectivity index (χ4v) is 3.75. The number of carboxylic acids is 1. The van der Waals surface area contributed by atoms with E-state index in [0.29, 0.717) is 31.2 Å². The first-order valence-electron chi connectivity index (χ1n) is 10.3. The number of hydrogen-bond donors (Lipinski definition) is 1. The third-order valence-corrected chi connectivity index (χ3v) is 5.42. The van der Waals surface area contributed by atoms with Crippen LogP contribution in [0.5, 0.6) is 5.75 Å². The number of carboxylic acid groups (broad SMARTS) is 1. The summed E-state index contributed by atoms with van der Waals surface area (Å²) >= 11 is 0. The van der Waals surface area contributed by atoms with Crippen LogP contribution in [0.2, 0.25) is 0 Å². The maximum absolute atomic E-state index is 13.8. The second-order valence-corrected chi connectivity index (χ2v) is 7.59. The van der Waals surface area contributed by atoms with Crippen LogP contribution >= 0.6 is 0 Å². The van der Waals surface area contributed by atoms with Crippen LogP contribution in [-0.2, 0) is 13.2 Å². The van der Waals surface area contributed by atoms with Crippen molar-refractivity contribution in [3.8, 4) is 5.75 Å². The summed E-state index contributed by atoms with van der Waals surface area (Å²) in [7, 11) is 0. The Morgan fingerprint density at radius 3 is 2.59 bits per heavy atom. The molecule has 3 aromatic rings. The molecule has 0 aliphatic carbocycles. The van der Waals surface area contributed by atoms with Gasteiger partial charge in [-0.25, -0.2) is 18.6 Å². The van der Waals surface area contributed by atoms with Gasteiger partial charge in [0.1, 0.15) is 23.7 Å². The third kappa shape index (κ3) is 5.03. The van der Waals surface area contributed by atoms with Crippen LogP contribution in [0.3, 0.4) is 0 Å². The maximum atomic E-state index is 13.8. The van der Waals surface area contributed by atoms with Crippen molar-refractivity contribution in [3.63, 3.8) is 0 Å². The molecule has 0 bridgehead atoms. The topological polar surface area (TPSA) is 65.9 Å². The van der Waals surface area contributed by atoms with Gasteiger partial charge in [0.2, 0.25) is 0 Å². The third-order valence-electron chi connectivity index (χ3n) is 5.42. The molecular formula is C24H23F2N3O3. The van der Waals surface area contributed by atoms with E-state index in [9.17, 15) is 18.7 Å². The molecule has 0 radical (unpaired) electrons. The Bertz CT molecular complexity index is 1100. The molecule has 1 aromatic heterocycles. The highest BCUT2D eigenvalue weighted by Crippen LogP contribution is 2.21. The number of aromatic carboxylic acids is 1. The molecule has 1 fully saturated rings. The lowest BCUT2D eigenvalue weighted by Gasteiger charge is -2.35. The highest BCUT2D eigenvalue weighted by molar-refractivity contribution is 5.93. The fourth-order valence-electron chi connectivity index (χ4n) is 3.75. The average molecular weight is 439 g/mol. The van der Waals surface area contributed by atoms with Crippen LogP contribution in [-0.4, -0.2) is 47.1 Å². The molecule has 6 nitrogen and oxygen atoms in total. The maximum Gasteiger partial charge on any atom is 0.339 e. The van der Waals surface area contributed by atoms with E-state index in [2.05, 4.69) is 9.88 Å².